The van der Waals surface area contributed by atoms with Crippen LogP contribution in [-0.4, -0.2) is 52.8 Å². The normalized spacial score (nSPS) is 17.8. The van der Waals surface area contributed by atoms with Gasteiger partial charge in [-0.1, -0.05) is 23.2 Å². The Hall–Kier alpha value is -2.94. The van der Waals surface area contributed by atoms with E-state index in [0.29, 0.717) is 47.2 Å². The number of benzene rings is 2. The van der Waals surface area contributed by atoms with E-state index in [1.807, 2.05) is 17.0 Å². The minimum absolute atomic E-state index is 0.00771. The van der Waals surface area contributed by atoms with Crippen LogP contribution in [0.4, 0.5) is 15.9 Å². The summed E-state index contributed by atoms with van der Waals surface area (Å²) in [7, 11) is 0. The van der Waals surface area contributed by atoms with Crippen molar-refractivity contribution in [1.82, 2.24) is 20.4 Å². The Balaban J connectivity index is 1.39. The van der Waals surface area contributed by atoms with Crippen LogP contribution in [-0.2, 0) is 6.42 Å². The molecule has 7 nitrogen and oxygen atoms in total. The van der Waals surface area contributed by atoms with Crippen molar-refractivity contribution < 1.29 is 13.9 Å². The van der Waals surface area contributed by atoms with E-state index >= 15 is 0 Å². The Morgan fingerprint density at radius 3 is 2.57 bits per heavy atom. The molecule has 1 aliphatic rings. The van der Waals surface area contributed by atoms with E-state index in [1.54, 1.807) is 18.2 Å². The fourth-order valence-corrected chi connectivity index (χ4v) is 4.65. The second-order valence-electron chi connectivity index (χ2n) is 8.55. The van der Waals surface area contributed by atoms with E-state index < -0.39 is 5.82 Å². The first-order valence-electron chi connectivity index (χ1n) is 11.3. The molecule has 1 amide bonds. The van der Waals surface area contributed by atoms with Crippen LogP contribution in [0.5, 0.6) is 5.75 Å². The van der Waals surface area contributed by atoms with Crippen LogP contribution in [0.2, 0.25) is 10.0 Å². The number of piperazine rings is 1. The van der Waals surface area contributed by atoms with Crippen molar-refractivity contribution in [2.45, 2.75) is 32.4 Å². The second-order valence-corrected chi connectivity index (χ2v) is 9.33. The van der Waals surface area contributed by atoms with E-state index in [9.17, 15) is 9.18 Å². The molecule has 4 rings (SSSR count). The Kier molecular flexibility index (Phi) is 8.05. The van der Waals surface area contributed by atoms with Crippen LogP contribution in [0, 0.1) is 5.82 Å². The van der Waals surface area contributed by atoms with E-state index in [0.717, 1.165) is 5.69 Å². The maximum atomic E-state index is 13.7. The van der Waals surface area contributed by atoms with Crippen molar-refractivity contribution in [3.8, 4) is 5.75 Å². The predicted molar refractivity (Wildman–Crippen MR) is 135 cm³/mol. The molecule has 1 aliphatic heterocycles. The molecule has 0 spiro atoms. The molecule has 0 radical (unpaired) electrons. The maximum absolute atomic E-state index is 13.7. The number of halogens is 3. The Bertz CT molecular complexity index is 1180. The summed E-state index contributed by atoms with van der Waals surface area (Å²) in [5, 5.41) is 15.0. The van der Waals surface area contributed by atoms with E-state index in [-0.39, 0.29) is 29.6 Å². The van der Waals surface area contributed by atoms with Crippen LogP contribution >= 0.6 is 23.2 Å². The van der Waals surface area contributed by atoms with Gasteiger partial charge in [0.1, 0.15) is 5.82 Å². The summed E-state index contributed by atoms with van der Waals surface area (Å²) in [5.41, 5.74) is 1.83. The smallest absolute Gasteiger partial charge is 0.253 e. The highest BCUT2D eigenvalue weighted by Crippen LogP contribution is 2.29. The lowest BCUT2D eigenvalue weighted by Gasteiger charge is -2.36. The standard InChI is InChI=1S/C25H26Cl2FN5O2/c1-15-13-33(14-16(2)30-15)25(34)17-3-5-18(6-4-17)31-24-22(9-11-29-32-24)35-12-10-19-20(26)7-8-21(28)23(19)27/h3-9,11,15-16,30H,10,12-14H2,1-2H3,(H,31,32)/t15-,16+. The number of carbonyl (C=O) groups is 1. The zero-order valence-corrected chi connectivity index (χ0v) is 20.9. The highest BCUT2D eigenvalue weighted by Gasteiger charge is 2.25. The minimum atomic E-state index is -0.526. The van der Waals surface area contributed by atoms with Gasteiger partial charge in [0.15, 0.2) is 11.6 Å². The number of nitrogens with zero attached hydrogens (tertiary/aromatic N) is 3. The van der Waals surface area contributed by atoms with Gasteiger partial charge in [-0.2, -0.15) is 5.10 Å². The van der Waals surface area contributed by atoms with Gasteiger partial charge in [0.2, 0.25) is 0 Å². The van der Waals surface area contributed by atoms with E-state index in [2.05, 4.69) is 34.7 Å². The van der Waals surface area contributed by atoms with Crippen molar-refractivity contribution in [3.63, 3.8) is 0 Å². The third kappa shape index (κ3) is 6.20. The average molecular weight is 518 g/mol. The van der Waals surface area contributed by atoms with Gasteiger partial charge in [0.25, 0.3) is 5.91 Å². The molecule has 0 unspecified atom stereocenters. The molecular formula is C25H26Cl2FN5O2. The average Bonchev–Trinajstić information content (AvgIpc) is 2.84. The van der Waals surface area contributed by atoms with Crippen LogP contribution in [0.25, 0.3) is 0 Å². The first-order valence-corrected chi connectivity index (χ1v) is 12.1. The lowest BCUT2D eigenvalue weighted by Crippen LogP contribution is -2.55. The molecule has 0 bridgehead atoms. The van der Waals surface area contributed by atoms with Crippen LogP contribution in [0.1, 0.15) is 29.8 Å². The van der Waals surface area contributed by atoms with Crippen molar-refractivity contribution in [1.29, 1.82) is 0 Å². The first kappa shape index (κ1) is 25.2. The number of anilines is 2. The molecule has 1 aromatic heterocycles. The molecule has 184 valence electrons. The van der Waals surface area contributed by atoms with Crippen molar-refractivity contribution in [2.75, 3.05) is 25.0 Å². The molecule has 2 aromatic carbocycles. The van der Waals surface area contributed by atoms with Gasteiger partial charge in [-0.3, -0.25) is 4.79 Å². The number of ether oxygens (including phenoxy) is 1. The molecule has 2 atom stereocenters. The highest BCUT2D eigenvalue weighted by molar-refractivity contribution is 6.36. The molecule has 3 aromatic rings. The zero-order chi connectivity index (χ0) is 24.9. The summed E-state index contributed by atoms with van der Waals surface area (Å²) in [5.74, 6) is 0.359. The summed E-state index contributed by atoms with van der Waals surface area (Å²) < 4.78 is 19.6. The summed E-state index contributed by atoms with van der Waals surface area (Å²) in [6.07, 6.45) is 1.83. The van der Waals surface area contributed by atoms with Gasteiger partial charge in [-0.15, -0.1) is 5.10 Å². The summed E-state index contributed by atoms with van der Waals surface area (Å²) >= 11 is 12.2. The van der Waals surface area contributed by atoms with E-state index in [4.69, 9.17) is 27.9 Å². The van der Waals surface area contributed by atoms with Crippen LogP contribution in [0.3, 0.4) is 0 Å². The Labute approximate surface area is 213 Å². The molecule has 0 aliphatic carbocycles. The third-order valence-corrected chi connectivity index (χ3v) is 6.43. The molecule has 35 heavy (non-hydrogen) atoms. The number of hydrogen-bond acceptors (Lipinski definition) is 6. The summed E-state index contributed by atoms with van der Waals surface area (Å²) in [4.78, 5) is 14.8. The molecule has 10 heteroatoms. The molecule has 1 saturated heterocycles. The van der Waals surface area contributed by atoms with Gasteiger partial charge in [0.05, 0.1) is 17.8 Å². The number of amides is 1. The second kappa shape index (κ2) is 11.2. The van der Waals surface area contributed by atoms with Crippen LogP contribution in [0.15, 0.2) is 48.7 Å². The molecule has 1 fully saturated rings. The fourth-order valence-electron chi connectivity index (χ4n) is 4.09. The fraction of sp³-hybridized carbons (Fsp3) is 0.320. The summed E-state index contributed by atoms with van der Waals surface area (Å²) in [6.45, 7) is 5.71. The van der Waals surface area contributed by atoms with Gasteiger partial charge >= 0.3 is 0 Å². The monoisotopic (exact) mass is 517 g/mol. The molecular weight excluding hydrogens is 492 g/mol. The summed E-state index contributed by atoms with van der Waals surface area (Å²) in [6, 6.07) is 12.1. The zero-order valence-electron chi connectivity index (χ0n) is 19.4. The Morgan fingerprint density at radius 1 is 1.14 bits per heavy atom. The van der Waals surface area contributed by atoms with Gasteiger partial charge in [-0.05, 0) is 55.8 Å². The molecule has 0 saturated carbocycles. The number of hydrogen-bond donors (Lipinski definition) is 2. The first-order chi connectivity index (χ1) is 16.8. The quantitative estimate of drug-likeness (QED) is 0.424. The predicted octanol–water partition coefficient (Wildman–Crippen LogP) is 5.11. The maximum Gasteiger partial charge on any atom is 0.253 e. The Morgan fingerprint density at radius 2 is 1.86 bits per heavy atom. The minimum Gasteiger partial charge on any atom is -0.489 e. The largest absolute Gasteiger partial charge is 0.489 e. The SMILES string of the molecule is C[C@@H]1CN(C(=O)c2ccc(Nc3nnccc3OCCc3c(Cl)ccc(F)c3Cl)cc2)C[C@H](C)N1. The van der Waals surface area contributed by atoms with Gasteiger partial charge in [0, 0.05) is 53.9 Å². The number of nitrogens with one attached hydrogen (secondary N) is 2. The molecule has 2 N–H and O–H groups in total. The lowest BCUT2D eigenvalue weighted by molar-refractivity contribution is 0.0674. The van der Waals surface area contributed by atoms with Gasteiger partial charge < -0.3 is 20.3 Å². The van der Waals surface area contributed by atoms with E-state index in [1.165, 1.54) is 18.3 Å². The number of carbonyl (C=O) groups excluding carboxylic acids is 1. The number of aromatic nitrogens is 2. The van der Waals surface area contributed by atoms with Crippen LogP contribution < -0.4 is 15.4 Å². The lowest BCUT2D eigenvalue weighted by atomic mass is 10.1. The van der Waals surface area contributed by atoms with Gasteiger partial charge in [-0.25, -0.2) is 4.39 Å². The van der Waals surface area contributed by atoms with Crippen molar-refractivity contribution >= 4 is 40.6 Å². The third-order valence-electron chi connectivity index (χ3n) is 5.67. The van der Waals surface area contributed by atoms with Crippen molar-refractivity contribution in [3.05, 3.63) is 75.7 Å². The number of rotatable bonds is 7. The highest BCUT2D eigenvalue weighted by atomic mass is 35.5. The molecule has 2 heterocycles. The van der Waals surface area contributed by atoms with Crippen molar-refractivity contribution in [2.24, 2.45) is 0 Å². The topological polar surface area (TPSA) is 79.4 Å².